The summed E-state index contributed by atoms with van der Waals surface area (Å²) in [7, 11) is 0. The van der Waals surface area contributed by atoms with Gasteiger partial charge in [-0.15, -0.1) is 0 Å². The van der Waals surface area contributed by atoms with E-state index >= 15 is 0 Å². The Morgan fingerprint density at radius 1 is 1.03 bits per heavy atom. The molecule has 206 valence electrons. The van der Waals surface area contributed by atoms with Crippen LogP contribution in [0.25, 0.3) is 11.2 Å². The molecule has 3 heterocycles. The minimum Gasteiger partial charge on any atom is -0.456 e. The molecule has 4 N–H and O–H groups in total. The Labute approximate surface area is 217 Å². The first kappa shape index (κ1) is 28.9. The average Bonchev–Trinajstić information content (AvgIpc) is 3.44. The number of unbranched alkanes of at least 4 members (excludes halogenated alkanes) is 8. The molecule has 0 aliphatic carbocycles. The molecule has 4 atom stereocenters. The highest BCUT2D eigenvalue weighted by Crippen LogP contribution is 2.43. The third kappa shape index (κ3) is 6.63. The number of rotatable bonds is 16. The highest BCUT2D eigenvalue weighted by molar-refractivity contribution is 5.90. The number of nitrogen functional groups attached to an aromatic ring is 1. The summed E-state index contributed by atoms with van der Waals surface area (Å²) in [5.74, 6) is -0.924. The van der Waals surface area contributed by atoms with Crippen LogP contribution in [-0.2, 0) is 19.1 Å². The Morgan fingerprint density at radius 2 is 1.68 bits per heavy atom. The molecule has 1 fully saturated rings. The molecule has 2 aromatic rings. The first-order chi connectivity index (χ1) is 17.9. The Kier molecular flexibility index (Phi) is 10.8. The summed E-state index contributed by atoms with van der Waals surface area (Å²) >= 11 is 0. The van der Waals surface area contributed by atoms with Gasteiger partial charge in [0, 0.05) is 12.8 Å². The molecule has 1 aliphatic rings. The maximum absolute atomic E-state index is 13.6. The quantitative estimate of drug-likeness (QED) is 0.222. The fourth-order valence-electron chi connectivity index (χ4n) is 4.85. The van der Waals surface area contributed by atoms with Crippen LogP contribution < -0.4 is 5.73 Å². The summed E-state index contributed by atoms with van der Waals surface area (Å²) in [4.78, 5) is 38.7. The number of fused-ring (bicyclic) bond motifs is 1. The molecule has 3 rings (SSSR count). The van der Waals surface area contributed by atoms with Crippen LogP contribution in [-0.4, -0.2) is 65.9 Å². The highest BCUT2D eigenvalue weighted by atomic mass is 16.6. The molecule has 37 heavy (non-hydrogen) atoms. The maximum Gasteiger partial charge on any atom is 0.306 e. The second kappa shape index (κ2) is 13.8. The number of esters is 1. The Hall–Kier alpha value is -2.63. The van der Waals surface area contributed by atoms with E-state index in [0.29, 0.717) is 12.8 Å². The molecule has 0 aromatic carbocycles. The van der Waals surface area contributed by atoms with Crippen LogP contribution in [0.2, 0.25) is 0 Å². The van der Waals surface area contributed by atoms with Gasteiger partial charge in [-0.3, -0.25) is 14.2 Å². The van der Waals surface area contributed by atoms with Gasteiger partial charge in [-0.1, -0.05) is 65.2 Å². The summed E-state index contributed by atoms with van der Waals surface area (Å²) in [6.45, 7) is 3.67. The predicted octanol–water partition coefficient (Wildman–Crippen LogP) is 3.23. The van der Waals surface area contributed by atoms with Gasteiger partial charge in [0.1, 0.15) is 17.9 Å². The third-order valence-electron chi connectivity index (χ3n) is 6.97. The zero-order chi connectivity index (χ0) is 26.8. The zero-order valence-electron chi connectivity index (χ0n) is 22.0. The van der Waals surface area contributed by atoms with Crippen molar-refractivity contribution in [3.63, 3.8) is 0 Å². The summed E-state index contributed by atoms with van der Waals surface area (Å²) in [5.41, 5.74) is 4.21. The van der Waals surface area contributed by atoms with Crippen molar-refractivity contribution in [3.8, 4) is 0 Å². The van der Waals surface area contributed by atoms with E-state index < -0.39 is 42.4 Å². The van der Waals surface area contributed by atoms with Crippen molar-refractivity contribution in [1.82, 2.24) is 19.5 Å². The molecule has 11 nitrogen and oxygen atoms in total. The Morgan fingerprint density at radius 3 is 2.32 bits per heavy atom. The topological polar surface area (TPSA) is 163 Å². The van der Waals surface area contributed by atoms with Gasteiger partial charge in [-0.2, -0.15) is 0 Å². The molecule has 0 radical (unpaired) electrons. The van der Waals surface area contributed by atoms with Gasteiger partial charge in [0.05, 0.1) is 12.9 Å². The van der Waals surface area contributed by atoms with Gasteiger partial charge in [0.15, 0.2) is 29.6 Å². The molecule has 2 aromatic heterocycles. The van der Waals surface area contributed by atoms with Crippen LogP contribution >= 0.6 is 0 Å². The number of aliphatic hydroxyl groups excluding tert-OH is 1. The minimum absolute atomic E-state index is 0.0764. The van der Waals surface area contributed by atoms with Crippen molar-refractivity contribution in [1.29, 1.82) is 0 Å². The molecule has 0 spiro atoms. The molecule has 11 heteroatoms. The van der Waals surface area contributed by atoms with Gasteiger partial charge < -0.3 is 25.4 Å². The number of imidazole rings is 1. The summed E-state index contributed by atoms with van der Waals surface area (Å²) < 4.78 is 13.1. The largest absolute Gasteiger partial charge is 0.456 e. The van der Waals surface area contributed by atoms with Crippen molar-refractivity contribution < 1.29 is 29.3 Å². The number of ether oxygens (including phenoxy) is 2. The lowest BCUT2D eigenvalue weighted by atomic mass is 9.86. The SMILES string of the molecule is CCCCCCCC(=O)O[C@@H]1[C@@H](CO)O[C@@H](n2cnc3c(N)ncnc32)[C@@]1(O)C(=O)CCCCCCC. The molecule has 1 aliphatic heterocycles. The van der Waals surface area contributed by atoms with Crippen LogP contribution in [0.4, 0.5) is 5.82 Å². The number of Topliss-reactive ketones (excluding diaryl/α,β-unsaturated/α-hetero) is 1. The third-order valence-corrected chi connectivity index (χ3v) is 6.97. The first-order valence-corrected chi connectivity index (χ1v) is 13.5. The van der Waals surface area contributed by atoms with E-state index in [1.54, 1.807) is 0 Å². The van der Waals surface area contributed by atoms with Crippen LogP contribution in [0.5, 0.6) is 0 Å². The fraction of sp³-hybridized carbons (Fsp3) is 0.731. The lowest BCUT2D eigenvalue weighted by Crippen LogP contribution is -2.55. The van der Waals surface area contributed by atoms with Crippen LogP contribution in [0, 0.1) is 0 Å². The number of nitrogens with zero attached hydrogens (tertiary/aromatic N) is 4. The molecule has 0 bridgehead atoms. The molecule has 0 amide bonds. The number of carbonyl (C=O) groups excluding carboxylic acids is 2. The Bertz CT molecular complexity index is 1030. The van der Waals surface area contributed by atoms with E-state index in [1.165, 1.54) is 17.2 Å². The second-order valence-electron chi connectivity index (χ2n) is 9.78. The summed E-state index contributed by atoms with van der Waals surface area (Å²) in [5, 5.41) is 22.1. The lowest BCUT2D eigenvalue weighted by molar-refractivity contribution is -0.173. The monoisotopic (exact) mass is 519 g/mol. The number of aliphatic hydroxyl groups is 2. The molecule has 0 unspecified atom stereocenters. The van der Waals surface area contributed by atoms with Gasteiger partial charge in [-0.05, 0) is 12.8 Å². The van der Waals surface area contributed by atoms with Gasteiger partial charge in [0.25, 0.3) is 0 Å². The van der Waals surface area contributed by atoms with Gasteiger partial charge in [0.2, 0.25) is 5.60 Å². The number of aromatic nitrogens is 4. The van der Waals surface area contributed by atoms with E-state index in [-0.39, 0.29) is 29.8 Å². The van der Waals surface area contributed by atoms with E-state index in [0.717, 1.165) is 51.4 Å². The van der Waals surface area contributed by atoms with Crippen molar-refractivity contribution in [2.75, 3.05) is 12.3 Å². The molecular weight excluding hydrogens is 478 g/mol. The first-order valence-electron chi connectivity index (χ1n) is 13.5. The normalized spacial score (nSPS) is 23.5. The minimum atomic E-state index is -2.25. The summed E-state index contributed by atoms with van der Waals surface area (Å²) in [6.07, 6.45) is 8.30. The van der Waals surface area contributed by atoms with E-state index in [4.69, 9.17) is 15.2 Å². The van der Waals surface area contributed by atoms with E-state index in [1.807, 2.05) is 0 Å². The van der Waals surface area contributed by atoms with Crippen LogP contribution in [0.1, 0.15) is 97.1 Å². The average molecular weight is 520 g/mol. The van der Waals surface area contributed by atoms with Crippen LogP contribution in [0.15, 0.2) is 12.7 Å². The molecular formula is C26H41N5O6. The zero-order valence-corrected chi connectivity index (χ0v) is 22.0. The van der Waals surface area contributed by atoms with Gasteiger partial charge >= 0.3 is 5.97 Å². The van der Waals surface area contributed by atoms with E-state index in [9.17, 15) is 19.8 Å². The summed E-state index contributed by atoms with van der Waals surface area (Å²) in [6, 6.07) is 0. The smallest absolute Gasteiger partial charge is 0.306 e. The number of hydrogen-bond acceptors (Lipinski definition) is 10. The van der Waals surface area contributed by atoms with Crippen molar-refractivity contribution in [2.24, 2.45) is 0 Å². The van der Waals surface area contributed by atoms with Crippen molar-refractivity contribution in [2.45, 2.75) is 115 Å². The van der Waals surface area contributed by atoms with Crippen molar-refractivity contribution in [3.05, 3.63) is 12.7 Å². The number of ketones is 1. The Balaban J connectivity index is 1.87. The van der Waals surface area contributed by atoms with Crippen LogP contribution in [0.3, 0.4) is 0 Å². The second-order valence-corrected chi connectivity index (χ2v) is 9.78. The number of hydrogen-bond donors (Lipinski definition) is 3. The molecule has 1 saturated heterocycles. The fourth-order valence-corrected chi connectivity index (χ4v) is 4.85. The number of anilines is 1. The van der Waals surface area contributed by atoms with E-state index in [2.05, 4.69) is 28.8 Å². The predicted molar refractivity (Wildman–Crippen MR) is 137 cm³/mol. The standard InChI is InChI=1S/C26H41N5O6/c1-3-5-7-9-11-13-19(33)26(35)22(37-20(34)14-12-10-8-6-4-2)18(15-32)36-25(26)31-17-30-21-23(27)28-16-29-24(21)31/h16-18,22,25,32,35H,3-15H2,1-2H3,(H2,27,28,29)/t18-,22-,25-,26-/m1/s1. The maximum atomic E-state index is 13.6. The van der Waals surface area contributed by atoms with Gasteiger partial charge in [-0.25, -0.2) is 15.0 Å². The number of nitrogens with two attached hydrogens (primary N) is 1. The number of carbonyl (C=O) groups is 2. The van der Waals surface area contributed by atoms with Crippen molar-refractivity contribution >= 4 is 28.7 Å². The lowest BCUT2D eigenvalue weighted by Gasteiger charge is -2.32. The highest BCUT2D eigenvalue weighted by Gasteiger charge is 2.63. The molecule has 0 saturated carbocycles.